The maximum Gasteiger partial charge on any atom is 0.260 e. The summed E-state index contributed by atoms with van der Waals surface area (Å²) < 4.78 is 5.16. The van der Waals surface area contributed by atoms with Gasteiger partial charge < -0.3 is 10.1 Å². The third-order valence-corrected chi connectivity index (χ3v) is 3.68. The van der Waals surface area contributed by atoms with Crippen molar-refractivity contribution in [1.82, 2.24) is 5.32 Å². The zero-order valence-electron chi connectivity index (χ0n) is 12.8. The van der Waals surface area contributed by atoms with Gasteiger partial charge in [-0.05, 0) is 30.3 Å². The number of hydrazone groups is 1. The van der Waals surface area contributed by atoms with E-state index in [0.29, 0.717) is 16.5 Å². The van der Waals surface area contributed by atoms with Gasteiger partial charge in [-0.1, -0.05) is 29.8 Å². The first-order valence-corrected chi connectivity index (χ1v) is 7.56. The second kappa shape index (κ2) is 6.72. The highest BCUT2D eigenvalue weighted by molar-refractivity contribution is 6.31. The standard InChI is InChI=1S/C17H14ClN3O3/c1-24-14-8-7-11(18)9-13(14)17(23)19-15-10-16(22)21(20-15)12-5-3-2-4-6-12/h2-9H,10H2,1H3,(H,19,20,23). The van der Waals surface area contributed by atoms with Crippen LogP contribution in [-0.2, 0) is 4.79 Å². The monoisotopic (exact) mass is 343 g/mol. The molecule has 3 rings (SSSR count). The van der Waals surface area contributed by atoms with E-state index >= 15 is 0 Å². The highest BCUT2D eigenvalue weighted by atomic mass is 35.5. The van der Waals surface area contributed by atoms with Gasteiger partial charge in [0, 0.05) is 5.02 Å². The molecule has 1 aliphatic rings. The molecule has 7 heteroatoms. The molecule has 0 aromatic heterocycles. The lowest BCUT2D eigenvalue weighted by molar-refractivity contribution is -0.116. The van der Waals surface area contributed by atoms with Crippen molar-refractivity contribution < 1.29 is 14.3 Å². The van der Waals surface area contributed by atoms with Crippen LogP contribution in [0, 0.1) is 0 Å². The number of para-hydroxylation sites is 1. The van der Waals surface area contributed by atoms with Crippen LogP contribution in [-0.4, -0.2) is 24.8 Å². The molecule has 0 aliphatic carbocycles. The number of rotatable bonds is 3. The summed E-state index contributed by atoms with van der Waals surface area (Å²) in [5.41, 5.74) is 0.922. The van der Waals surface area contributed by atoms with Crippen molar-refractivity contribution in [3.05, 3.63) is 59.1 Å². The summed E-state index contributed by atoms with van der Waals surface area (Å²) in [6.45, 7) is 0. The smallest absolute Gasteiger partial charge is 0.260 e. The Morgan fingerprint density at radius 3 is 2.71 bits per heavy atom. The Bertz CT molecular complexity index is 821. The third-order valence-electron chi connectivity index (χ3n) is 3.44. The predicted octanol–water partition coefficient (Wildman–Crippen LogP) is 2.83. The first-order chi connectivity index (χ1) is 11.6. The minimum Gasteiger partial charge on any atom is -0.496 e. The van der Waals surface area contributed by atoms with Crippen LogP contribution in [0.2, 0.25) is 5.02 Å². The average Bonchev–Trinajstić information content (AvgIpc) is 2.96. The fourth-order valence-electron chi connectivity index (χ4n) is 2.33. The number of amidine groups is 1. The molecular formula is C17H14ClN3O3. The van der Waals surface area contributed by atoms with Crippen LogP contribution in [0.25, 0.3) is 0 Å². The Morgan fingerprint density at radius 2 is 2.00 bits per heavy atom. The van der Waals surface area contributed by atoms with Crippen LogP contribution in [0.5, 0.6) is 5.75 Å². The van der Waals surface area contributed by atoms with E-state index in [9.17, 15) is 9.59 Å². The van der Waals surface area contributed by atoms with Crippen LogP contribution in [0.15, 0.2) is 53.6 Å². The first kappa shape index (κ1) is 16.0. The molecular weight excluding hydrogens is 330 g/mol. The fourth-order valence-corrected chi connectivity index (χ4v) is 2.50. The lowest BCUT2D eigenvalue weighted by Crippen LogP contribution is -2.30. The van der Waals surface area contributed by atoms with E-state index in [2.05, 4.69) is 10.4 Å². The Labute approximate surface area is 143 Å². The van der Waals surface area contributed by atoms with Crippen molar-refractivity contribution in [2.45, 2.75) is 6.42 Å². The van der Waals surface area contributed by atoms with Gasteiger partial charge in [-0.25, -0.2) is 0 Å². The summed E-state index contributed by atoms with van der Waals surface area (Å²) in [5, 5.41) is 8.50. The van der Waals surface area contributed by atoms with Gasteiger partial charge in [0.1, 0.15) is 11.6 Å². The zero-order chi connectivity index (χ0) is 17.1. The minimum absolute atomic E-state index is 0.0174. The number of hydrogen-bond acceptors (Lipinski definition) is 4. The van der Waals surface area contributed by atoms with Crippen molar-refractivity contribution in [1.29, 1.82) is 0 Å². The average molecular weight is 344 g/mol. The van der Waals surface area contributed by atoms with Gasteiger partial charge in [0.05, 0.1) is 24.8 Å². The molecule has 1 aliphatic heterocycles. The molecule has 6 nitrogen and oxygen atoms in total. The van der Waals surface area contributed by atoms with E-state index in [1.807, 2.05) is 18.2 Å². The molecule has 122 valence electrons. The molecule has 2 aromatic carbocycles. The van der Waals surface area contributed by atoms with Gasteiger partial charge >= 0.3 is 0 Å². The molecule has 24 heavy (non-hydrogen) atoms. The molecule has 2 aromatic rings. The first-order valence-electron chi connectivity index (χ1n) is 7.19. The van der Waals surface area contributed by atoms with E-state index in [-0.39, 0.29) is 23.7 Å². The molecule has 0 radical (unpaired) electrons. The molecule has 0 saturated carbocycles. The normalized spacial score (nSPS) is 13.7. The zero-order valence-corrected chi connectivity index (χ0v) is 13.6. The van der Waals surface area contributed by atoms with E-state index in [4.69, 9.17) is 16.3 Å². The second-order valence-electron chi connectivity index (χ2n) is 5.06. The van der Waals surface area contributed by atoms with Gasteiger partial charge in [0.15, 0.2) is 0 Å². The van der Waals surface area contributed by atoms with E-state index < -0.39 is 5.91 Å². The van der Waals surface area contributed by atoms with Crippen molar-refractivity contribution in [2.24, 2.45) is 5.10 Å². The van der Waals surface area contributed by atoms with Crippen LogP contribution in [0.3, 0.4) is 0 Å². The summed E-state index contributed by atoms with van der Waals surface area (Å²) in [5.74, 6) is 0.0167. The molecule has 0 fully saturated rings. The van der Waals surface area contributed by atoms with Gasteiger partial charge in [0.2, 0.25) is 0 Å². The van der Waals surface area contributed by atoms with Crippen molar-refractivity contribution in [2.75, 3.05) is 12.1 Å². The number of hydrogen-bond donors (Lipinski definition) is 1. The van der Waals surface area contributed by atoms with E-state index in [1.165, 1.54) is 18.2 Å². The molecule has 0 unspecified atom stereocenters. The van der Waals surface area contributed by atoms with Crippen LogP contribution in [0.4, 0.5) is 5.69 Å². The Morgan fingerprint density at radius 1 is 1.25 bits per heavy atom. The molecule has 0 bridgehead atoms. The lowest BCUT2D eigenvalue weighted by Gasteiger charge is -2.10. The highest BCUT2D eigenvalue weighted by Gasteiger charge is 2.27. The van der Waals surface area contributed by atoms with Crippen molar-refractivity contribution in [3.63, 3.8) is 0 Å². The second-order valence-corrected chi connectivity index (χ2v) is 5.50. The number of carbonyl (C=O) groups excluding carboxylic acids is 2. The van der Waals surface area contributed by atoms with E-state index in [1.54, 1.807) is 24.3 Å². The molecule has 0 saturated heterocycles. The van der Waals surface area contributed by atoms with Gasteiger partial charge in [-0.2, -0.15) is 10.1 Å². The Balaban J connectivity index is 1.80. The fraction of sp³-hybridized carbons (Fsp3) is 0.118. The SMILES string of the molecule is COc1ccc(Cl)cc1C(=O)NC1=NN(c2ccccc2)C(=O)C1. The molecule has 1 N–H and O–H groups in total. The summed E-state index contributed by atoms with van der Waals surface area (Å²) in [4.78, 5) is 24.5. The maximum atomic E-state index is 12.4. The number of carbonyl (C=O) groups is 2. The van der Waals surface area contributed by atoms with Crippen LogP contribution < -0.4 is 15.1 Å². The molecule has 0 spiro atoms. The number of benzene rings is 2. The predicted molar refractivity (Wildman–Crippen MR) is 91.5 cm³/mol. The number of methoxy groups -OCH3 is 1. The number of amides is 2. The van der Waals surface area contributed by atoms with Gasteiger partial charge in [-0.15, -0.1) is 0 Å². The Hall–Kier alpha value is -2.86. The highest BCUT2D eigenvalue weighted by Crippen LogP contribution is 2.23. The van der Waals surface area contributed by atoms with Crippen LogP contribution >= 0.6 is 11.6 Å². The quantitative estimate of drug-likeness (QED) is 0.931. The number of halogens is 1. The minimum atomic E-state index is -0.434. The Kier molecular flexibility index (Phi) is 4.48. The topological polar surface area (TPSA) is 71.0 Å². The number of nitrogens with one attached hydrogen (secondary N) is 1. The summed E-state index contributed by atoms with van der Waals surface area (Å²) >= 11 is 5.93. The van der Waals surface area contributed by atoms with Gasteiger partial charge in [-0.3, -0.25) is 9.59 Å². The molecule has 2 amide bonds. The van der Waals surface area contributed by atoms with E-state index in [0.717, 1.165) is 0 Å². The van der Waals surface area contributed by atoms with Crippen molar-refractivity contribution in [3.8, 4) is 5.75 Å². The number of nitrogens with zero attached hydrogens (tertiary/aromatic N) is 2. The number of anilines is 1. The lowest BCUT2D eigenvalue weighted by atomic mass is 10.2. The van der Waals surface area contributed by atoms with Gasteiger partial charge in [0.25, 0.3) is 11.8 Å². The summed E-state index contributed by atoms with van der Waals surface area (Å²) in [7, 11) is 1.47. The third kappa shape index (κ3) is 3.23. The molecule has 1 heterocycles. The molecule has 0 atom stereocenters. The van der Waals surface area contributed by atoms with Crippen LogP contribution in [0.1, 0.15) is 16.8 Å². The maximum absolute atomic E-state index is 12.4. The number of ether oxygens (including phenoxy) is 1. The summed E-state index contributed by atoms with van der Waals surface area (Å²) in [6, 6.07) is 13.7. The van der Waals surface area contributed by atoms with Crippen molar-refractivity contribution >= 4 is 34.9 Å². The largest absolute Gasteiger partial charge is 0.496 e. The summed E-state index contributed by atoms with van der Waals surface area (Å²) in [6.07, 6.45) is 0.0174.